The zero-order chi connectivity index (χ0) is 14.8. The summed E-state index contributed by atoms with van der Waals surface area (Å²) in [4.78, 5) is 0. The summed E-state index contributed by atoms with van der Waals surface area (Å²) in [5, 5.41) is 13.9. The molecule has 0 radical (unpaired) electrons. The van der Waals surface area contributed by atoms with Crippen molar-refractivity contribution in [1.29, 1.82) is 0 Å². The summed E-state index contributed by atoms with van der Waals surface area (Å²) >= 11 is 5.22. The van der Waals surface area contributed by atoms with E-state index in [1.807, 2.05) is 30.3 Å². The molecule has 1 N–H and O–H groups in total. The third-order valence-electron chi connectivity index (χ3n) is 3.54. The van der Waals surface area contributed by atoms with Crippen LogP contribution in [0, 0.1) is 0 Å². The van der Waals surface area contributed by atoms with Crippen LogP contribution in [0.25, 0.3) is 10.1 Å². The standard InChI is InChI=1S/C17H15BrO2S/c1-20-12-6-7-15(18)14(9-12)16(19)8-11-10-21-17-5-3-2-4-13(11)17/h2-7,9-10,16,19H,8H2,1H3. The molecule has 0 spiro atoms. The number of fused-ring (bicyclic) bond motifs is 1. The minimum absolute atomic E-state index is 0.563. The Kier molecular flexibility index (Phi) is 4.29. The van der Waals surface area contributed by atoms with Gasteiger partial charge in [0.25, 0.3) is 0 Å². The van der Waals surface area contributed by atoms with Crippen molar-refractivity contribution in [2.45, 2.75) is 12.5 Å². The van der Waals surface area contributed by atoms with Gasteiger partial charge in [0.2, 0.25) is 0 Å². The smallest absolute Gasteiger partial charge is 0.119 e. The van der Waals surface area contributed by atoms with E-state index in [-0.39, 0.29) is 0 Å². The fourth-order valence-electron chi connectivity index (χ4n) is 2.41. The molecule has 4 heteroatoms. The monoisotopic (exact) mass is 362 g/mol. The summed E-state index contributed by atoms with van der Waals surface area (Å²) in [5.41, 5.74) is 2.03. The number of thiophene rings is 1. The molecule has 0 saturated carbocycles. The van der Waals surface area contributed by atoms with Crippen LogP contribution >= 0.6 is 27.3 Å². The number of hydrogen-bond donors (Lipinski definition) is 1. The molecule has 2 aromatic carbocycles. The van der Waals surface area contributed by atoms with E-state index in [1.54, 1.807) is 18.4 Å². The molecule has 3 aromatic rings. The normalized spacial score (nSPS) is 12.5. The molecule has 0 bridgehead atoms. The minimum Gasteiger partial charge on any atom is -0.497 e. The third kappa shape index (κ3) is 2.98. The number of hydrogen-bond acceptors (Lipinski definition) is 3. The van der Waals surface area contributed by atoms with E-state index in [0.29, 0.717) is 6.42 Å². The zero-order valence-electron chi connectivity index (χ0n) is 11.5. The highest BCUT2D eigenvalue weighted by Crippen LogP contribution is 2.33. The summed E-state index contributed by atoms with van der Waals surface area (Å²) in [6.07, 6.45) is 0.0305. The van der Waals surface area contributed by atoms with Crippen molar-refractivity contribution in [3.05, 3.63) is 63.4 Å². The number of aliphatic hydroxyl groups excluding tert-OH is 1. The van der Waals surface area contributed by atoms with E-state index in [1.165, 1.54) is 15.6 Å². The quantitative estimate of drug-likeness (QED) is 0.711. The molecule has 0 aliphatic rings. The van der Waals surface area contributed by atoms with Gasteiger partial charge < -0.3 is 9.84 Å². The number of benzene rings is 2. The molecule has 108 valence electrons. The fourth-order valence-corrected chi connectivity index (χ4v) is 3.90. The van der Waals surface area contributed by atoms with Gasteiger partial charge in [-0.05, 0) is 46.2 Å². The maximum Gasteiger partial charge on any atom is 0.119 e. The molecule has 2 nitrogen and oxygen atoms in total. The van der Waals surface area contributed by atoms with Crippen molar-refractivity contribution >= 4 is 37.4 Å². The highest BCUT2D eigenvalue weighted by molar-refractivity contribution is 9.10. The lowest BCUT2D eigenvalue weighted by Crippen LogP contribution is -2.03. The maximum absolute atomic E-state index is 10.6. The molecule has 0 saturated heterocycles. The zero-order valence-corrected chi connectivity index (χ0v) is 13.9. The molecule has 1 atom stereocenters. The SMILES string of the molecule is COc1ccc(Br)c(C(O)Cc2csc3ccccc23)c1. The fraction of sp³-hybridized carbons (Fsp3) is 0.176. The van der Waals surface area contributed by atoms with Gasteiger partial charge in [-0.3, -0.25) is 0 Å². The van der Waals surface area contributed by atoms with Crippen molar-refractivity contribution in [1.82, 2.24) is 0 Å². The van der Waals surface area contributed by atoms with Crippen LogP contribution in [-0.4, -0.2) is 12.2 Å². The molecule has 21 heavy (non-hydrogen) atoms. The van der Waals surface area contributed by atoms with Gasteiger partial charge in [-0.2, -0.15) is 0 Å². The molecular weight excluding hydrogens is 348 g/mol. The van der Waals surface area contributed by atoms with Crippen LogP contribution in [0.4, 0.5) is 0 Å². The molecule has 0 fully saturated rings. The second kappa shape index (κ2) is 6.18. The Balaban J connectivity index is 1.91. The Hall–Kier alpha value is -1.36. The van der Waals surface area contributed by atoms with E-state index in [4.69, 9.17) is 4.74 Å². The summed E-state index contributed by atoms with van der Waals surface area (Å²) in [6.45, 7) is 0. The number of halogens is 1. The van der Waals surface area contributed by atoms with Gasteiger partial charge in [-0.25, -0.2) is 0 Å². The molecular formula is C17H15BrO2S. The van der Waals surface area contributed by atoms with E-state index >= 15 is 0 Å². The van der Waals surface area contributed by atoms with Gasteiger partial charge in [-0.1, -0.05) is 34.1 Å². The predicted molar refractivity (Wildman–Crippen MR) is 91.2 cm³/mol. The largest absolute Gasteiger partial charge is 0.497 e. The second-order valence-electron chi connectivity index (χ2n) is 4.86. The lowest BCUT2D eigenvalue weighted by atomic mass is 10.0. The van der Waals surface area contributed by atoms with Crippen LogP contribution in [0.5, 0.6) is 5.75 Å². The first kappa shape index (κ1) is 14.6. The van der Waals surface area contributed by atoms with E-state index in [9.17, 15) is 5.11 Å². The lowest BCUT2D eigenvalue weighted by Gasteiger charge is -2.14. The first-order chi connectivity index (χ1) is 10.2. The number of methoxy groups -OCH3 is 1. The van der Waals surface area contributed by atoms with Crippen LogP contribution in [0.15, 0.2) is 52.3 Å². The average Bonchev–Trinajstić information content (AvgIpc) is 2.91. The number of aliphatic hydroxyl groups is 1. The van der Waals surface area contributed by atoms with Gasteiger partial charge in [0, 0.05) is 15.6 Å². The second-order valence-corrected chi connectivity index (χ2v) is 6.63. The number of rotatable bonds is 4. The van der Waals surface area contributed by atoms with Gasteiger partial charge in [0.15, 0.2) is 0 Å². The van der Waals surface area contributed by atoms with Crippen LogP contribution in [0.3, 0.4) is 0 Å². The molecule has 1 unspecified atom stereocenters. The first-order valence-electron chi connectivity index (χ1n) is 6.65. The van der Waals surface area contributed by atoms with Crippen molar-refractivity contribution in [3.63, 3.8) is 0 Å². The lowest BCUT2D eigenvalue weighted by molar-refractivity contribution is 0.178. The van der Waals surface area contributed by atoms with Gasteiger partial charge in [0.1, 0.15) is 5.75 Å². The summed E-state index contributed by atoms with van der Waals surface area (Å²) in [5.74, 6) is 0.752. The van der Waals surface area contributed by atoms with Crippen LogP contribution in [0.2, 0.25) is 0 Å². The van der Waals surface area contributed by atoms with Crippen LogP contribution in [0.1, 0.15) is 17.2 Å². The Morgan fingerprint density at radius 2 is 2.05 bits per heavy atom. The molecule has 0 aliphatic carbocycles. The van der Waals surface area contributed by atoms with Crippen molar-refractivity contribution in [2.75, 3.05) is 7.11 Å². The van der Waals surface area contributed by atoms with Crippen LogP contribution < -0.4 is 4.74 Å². The predicted octanol–water partition coefficient (Wildman–Crippen LogP) is 4.95. The minimum atomic E-state index is -0.563. The Morgan fingerprint density at radius 1 is 1.24 bits per heavy atom. The highest BCUT2D eigenvalue weighted by Gasteiger charge is 2.15. The van der Waals surface area contributed by atoms with E-state index < -0.39 is 6.10 Å². The van der Waals surface area contributed by atoms with Gasteiger partial charge in [0.05, 0.1) is 13.2 Å². The molecule has 0 amide bonds. The van der Waals surface area contributed by atoms with Gasteiger partial charge >= 0.3 is 0 Å². The summed E-state index contributed by atoms with van der Waals surface area (Å²) in [6, 6.07) is 13.9. The van der Waals surface area contributed by atoms with Crippen LogP contribution in [-0.2, 0) is 6.42 Å². The van der Waals surface area contributed by atoms with Crippen molar-refractivity contribution < 1.29 is 9.84 Å². The molecule has 1 heterocycles. The molecule has 1 aromatic heterocycles. The van der Waals surface area contributed by atoms with Crippen molar-refractivity contribution in [2.24, 2.45) is 0 Å². The average molecular weight is 363 g/mol. The first-order valence-corrected chi connectivity index (χ1v) is 8.33. The Labute approximate surface area is 136 Å². The molecule has 3 rings (SSSR count). The number of ether oxygens (including phenoxy) is 1. The van der Waals surface area contributed by atoms with E-state index in [0.717, 1.165) is 15.8 Å². The molecule has 0 aliphatic heterocycles. The Morgan fingerprint density at radius 3 is 2.86 bits per heavy atom. The van der Waals surface area contributed by atoms with E-state index in [2.05, 4.69) is 33.4 Å². The van der Waals surface area contributed by atoms with Gasteiger partial charge in [-0.15, -0.1) is 11.3 Å². The van der Waals surface area contributed by atoms with Crippen molar-refractivity contribution in [3.8, 4) is 5.75 Å². The summed E-state index contributed by atoms with van der Waals surface area (Å²) < 4.78 is 7.39. The topological polar surface area (TPSA) is 29.5 Å². The maximum atomic E-state index is 10.6. The highest BCUT2D eigenvalue weighted by atomic mass is 79.9. The summed E-state index contributed by atoms with van der Waals surface area (Å²) in [7, 11) is 1.63. The third-order valence-corrected chi connectivity index (χ3v) is 5.27. The Bertz CT molecular complexity index is 766.